The van der Waals surface area contributed by atoms with E-state index in [1.165, 1.54) is 13.4 Å². The van der Waals surface area contributed by atoms with Gasteiger partial charge >= 0.3 is 0 Å². The van der Waals surface area contributed by atoms with Gasteiger partial charge in [-0.1, -0.05) is 11.6 Å². The Labute approximate surface area is 155 Å². The lowest BCUT2D eigenvalue weighted by Crippen LogP contribution is -2.22. The molecule has 8 nitrogen and oxygen atoms in total. The molecule has 1 aromatic heterocycles. The molecule has 134 valence electrons. The maximum atomic E-state index is 12.2. The van der Waals surface area contributed by atoms with E-state index in [4.69, 9.17) is 16.3 Å². The van der Waals surface area contributed by atoms with Gasteiger partial charge in [-0.2, -0.15) is 0 Å². The number of methoxy groups -OCH3 is 1. The summed E-state index contributed by atoms with van der Waals surface area (Å²) in [6, 6.07) is 10.8. The topological polar surface area (TPSA) is 94.0 Å². The first-order valence-electron chi connectivity index (χ1n) is 7.78. The Morgan fingerprint density at radius 3 is 2.69 bits per heavy atom. The quantitative estimate of drug-likeness (QED) is 0.691. The third-order valence-electron chi connectivity index (χ3n) is 3.69. The first-order chi connectivity index (χ1) is 12.6. The van der Waals surface area contributed by atoms with E-state index >= 15 is 0 Å². The predicted molar refractivity (Wildman–Crippen MR) is 99.0 cm³/mol. The number of carbonyl (C=O) groups is 1. The molecule has 0 radical (unpaired) electrons. The van der Waals surface area contributed by atoms with Crippen LogP contribution in [0.25, 0.3) is 5.69 Å². The molecule has 0 spiro atoms. The summed E-state index contributed by atoms with van der Waals surface area (Å²) in [6.45, 7) is 1.97. The number of ether oxygens (including phenoxy) is 1. The molecule has 0 aliphatic carbocycles. The highest BCUT2D eigenvalue weighted by molar-refractivity contribution is 6.31. The third-order valence-corrected chi connectivity index (χ3v) is 4.10. The van der Waals surface area contributed by atoms with Gasteiger partial charge in [0, 0.05) is 16.8 Å². The molecule has 0 aliphatic rings. The van der Waals surface area contributed by atoms with Crippen molar-refractivity contribution in [1.82, 2.24) is 20.2 Å². The Morgan fingerprint density at radius 2 is 2.04 bits per heavy atom. The number of nitrogens with zero attached hydrogens (tertiary/aromatic N) is 4. The summed E-state index contributed by atoms with van der Waals surface area (Å²) in [7, 11) is 1.53. The second-order valence-electron chi connectivity index (χ2n) is 5.50. The van der Waals surface area contributed by atoms with Gasteiger partial charge in [-0.3, -0.25) is 4.79 Å². The monoisotopic (exact) mass is 372 g/mol. The fourth-order valence-corrected chi connectivity index (χ4v) is 2.47. The third kappa shape index (κ3) is 4.09. The van der Waals surface area contributed by atoms with Crippen LogP contribution in [0.3, 0.4) is 0 Å². The van der Waals surface area contributed by atoms with E-state index in [0.29, 0.717) is 16.5 Å². The summed E-state index contributed by atoms with van der Waals surface area (Å²) in [4.78, 5) is 12.2. The average Bonchev–Trinajstić information content (AvgIpc) is 3.18. The maximum absolute atomic E-state index is 12.2. The largest absolute Gasteiger partial charge is 0.495 e. The predicted octanol–water partition coefficient (Wildman–Crippen LogP) is 2.68. The van der Waals surface area contributed by atoms with E-state index in [1.807, 2.05) is 31.2 Å². The summed E-state index contributed by atoms with van der Waals surface area (Å²) in [5, 5.41) is 17.5. The number of benzene rings is 2. The Kier molecular flexibility index (Phi) is 5.33. The molecule has 0 saturated carbocycles. The molecule has 2 aromatic carbocycles. The van der Waals surface area contributed by atoms with Crippen molar-refractivity contribution in [2.75, 3.05) is 24.3 Å². The first-order valence-corrected chi connectivity index (χ1v) is 8.16. The number of carbonyl (C=O) groups excluding carboxylic acids is 1. The molecular weight excluding hydrogens is 356 g/mol. The van der Waals surface area contributed by atoms with Crippen LogP contribution >= 0.6 is 11.6 Å². The number of nitrogens with one attached hydrogen (secondary N) is 2. The summed E-state index contributed by atoms with van der Waals surface area (Å²) < 4.78 is 6.80. The molecule has 0 aliphatic heterocycles. The summed E-state index contributed by atoms with van der Waals surface area (Å²) >= 11 is 6.07. The van der Waals surface area contributed by atoms with E-state index in [-0.39, 0.29) is 12.5 Å². The molecular formula is C17H17ClN6O2. The number of amides is 1. The van der Waals surface area contributed by atoms with Crippen LogP contribution in [-0.2, 0) is 4.79 Å². The molecule has 0 saturated heterocycles. The molecule has 0 unspecified atom stereocenters. The molecule has 26 heavy (non-hydrogen) atoms. The fourth-order valence-electron chi connectivity index (χ4n) is 2.32. The minimum Gasteiger partial charge on any atom is -0.495 e. The highest BCUT2D eigenvalue weighted by atomic mass is 35.5. The smallest absolute Gasteiger partial charge is 0.243 e. The highest BCUT2D eigenvalue weighted by Crippen LogP contribution is 2.30. The molecule has 2 N–H and O–H groups in total. The summed E-state index contributed by atoms with van der Waals surface area (Å²) in [5.41, 5.74) is 3.06. The molecule has 0 bridgehead atoms. The second-order valence-corrected chi connectivity index (χ2v) is 5.91. The van der Waals surface area contributed by atoms with Gasteiger partial charge in [0.25, 0.3) is 0 Å². The van der Waals surface area contributed by atoms with Crippen molar-refractivity contribution in [2.45, 2.75) is 6.92 Å². The van der Waals surface area contributed by atoms with E-state index in [2.05, 4.69) is 26.2 Å². The van der Waals surface area contributed by atoms with Crippen LogP contribution in [0.4, 0.5) is 11.4 Å². The SMILES string of the molecule is COc1cc(Cl)c(C)cc1NC(=O)CNc1ccc(-n2cnnn2)cc1. The van der Waals surface area contributed by atoms with Gasteiger partial charge in [0.1, 0.15) is 12.1 Å². The average molecular weight is 373 g/mol. The minimum atomic E-state index is -0.199. The number of anilines is 2. The van der Waals surface area contributed by atoms with Crippen molar-refractivity contribution in [2.24, 2.45) is 0 Å². The zero-order chi connectivity index (χ0) is 18.5. The Hall–Kier alpha value is -3.13. The van der Waals surface area contributed by atoms with Crippen LogP contribution in [0.5, 0.6) is 5.75 Å². The second kappa shape index (κ2) is 7.83. The minimum absolute atomic E-state index is 0.106. The first kappa shape index (κ1) is 17.7. The van der Waals surface area contributed by atoms with E-state index in [9.17, 15) is 4.79 Å². The highest BCUT2D eigenvalue weighted by Gasteiger charge is 2.10. The lowest BCUT2D eigenvalue weighted by molar-refractivity contribution is -0.114. The molecule has 3 rings (SSSR count). The van der Waals surface area contributed by atoms with Crippen LogP contribution in [0.15, 0.2) is 42.7 Å². The zero-order valence-electron chi connectivity index (χ0n) is 14.2. The number of aromatic nitrogens is 4. The Balaban J connectivity index is 1.60. The van der Waals surface area contributed by atoms with Crippen LogP contribution < -0.4 is 15.4 Å². The van der Waals surface area contributed by atoms with Gasteiger partial charge in [0.15, 0.2) is 0 Å². The lowest BCUT2D eigenvalue weighted by Gasteiger charge is -2.13. The van der Waals surface area contributed by atoms with Crippen molar-refractivity contribution in [3.05, 3.63) is 53.3 Å². The molecule has 1 amide bonds. The van der Waals surface area contributed by atoms with Crippen molar-refractivity contribution < 1.29 is 9.53 Å². The van der Waals surface area contributed by atoms with Crippen molar-refractivity contribution in [3.63, 3.8) is 0 Å². The summed E-state index contributed by atoms with van der Waals surface area (Å²) in [5.74, 6) is 0.314. The van der Waals surface area contributed by atoms with Crippen LogP contribution in [0.2, 0.25) is 5.02 Å². The molecule has 9 heteroatoms. The number of halogens is 1. The van der Waals surface area contributed by atoms with Crippen LogP contribution in [0.1, 0.15) is 5.56 Å². The van der Waals surface area contributed by atoms with E-state index in [1.54, 1.807) is 16.8 Å². The van der Waals surface area contributed by atoms with Crippen molar-refractivity contribution >= 4 is 28.9 Å². The van der Waals surface area contributed by atoms with Gasteiger partial charge in [-0.15, -0.1) is 5.10 Å². The number of tetrazole rings is 1. The number of hydrogen-bond donors (Lipinski definition) is 2. The van der Waals surface area contributed by atoms with E-state index in [0.717, 1.165) is 16.9 Å². The van der Waals surface area contributed by atoms with Gasteiger partial charge in [0.2, 0.25) is 5.91 Å². The molecule has 1 heterocycles. The van der Waals surface area contributed by atoms with Gasteiger partial charge in [-0.05, 0) is 53.2 Å². The zero-order valence-corrected chi connectivity index (χ0v) is 15.0. The number of rotatable bonds is 6. The Morgan fingerprint density at radius 1 is 1.27 bits per heavy atom. The molecule has 3 aromatic rings. The maximum Gasteiger partial charge on any atom is 0.243 e. The molecule has 0 fully saturated rings. The summed E-state index contributed by atoms with van der Waals surface area (Å²) in [6.07, 6.45) is 1.51. The van der Waals surface area contributed by atoms with E-state index < -0.39 is 0 Å². The van der Waals surface area contributed by atoms with Crippen molar-refractivity contribution in [1.29, 1.82) is 0 Å². The molecule has 0 atom stereocenters. The normalized spacial score (nSPS) is 10.4. The van der Waals surface area contributed by atoms with Gasteiger partial charge in [-0.25, -0.2) is 4.68 Å². The van der Waals surface area contributed by atoms with Crippen LogP contribution in [-0.4, -0.2) is 39.8 Å². The number of aryl methyl sites for hydroxylation is 1. The van der Waals surface area contributed by atoms with Gasteiger partial charge in [0.05, 0.1) is 25.0 Å². The Bertz CT molecular complexity index is 896. The fraction of sp³-hybridized carbons (Fsp3) is 0.176. The van der Waals surface area contributed by atoms with Crippen molar-refractivity contribution in [3.8, 4) is 11.4 Å². The lowest BCUT2D eigenvalue weighted by atomic mass is 10.2. The standard InChI is InChI=1S/C17H17ClN6O2/c1-11-7-15(16(26-2)8-14(11)18)21-17(25)9-19-12-3-5-13(6-4-12)24-10-20-22-23-24/h3-8,10,19H,9H2,1-2H3,(H,21,25). The number of hydrogen-bond acceptors (Lipinski definition) is 6. The van der Waals surface area contributed by atoms with Crippen LogP contribution in [0, 0.1) is 6.92 Å². The van der Waals surface area contributed by atoms with Gasteiger partial charge < -0.3 is 15.4 Å².